The molecule has 1 unspecified atom stereocenters. The molecule has 100 valence electrons. The molecule has 0 aliphatic rings. The monoisotopic (exact) mass is 250 g/mol. The van der Waals surface area contributed by atoms with Gasteiger partial charge in [0.25, 0.3) is 5.91 Å². The van der Waals surface area contributed by atoms with Crippen molar-refractivity contribution in [1.29, 1.82) is 0 Å². The molecule has 0 bridgehead atoms. The molecule has 0 spiro atoms. The zero-order chi connectivity index (χ0) is 13.5. The van der Waals surface area contributed by atoms with E-state index in [0.717, 1.165) is 12.8 Å². The van der Waals surface area contributed by atoms with Gasteiger partial charge < -0.3 is 10.6 Å². The number of amides is 1. The topological polar surface area (TPSA) is 66.9 Å². The molecule has 1 heterocycles. The van der Waals surface area contributed by atoms with Crippen molar-refractivity contribution in [2.75, 3.05) is 12.4 Å². The highest BCUT2D eigenvalue weighted by atomic mass is 16.2. The van der Waals surface area contributed by atoms with Crippen LogP contribution in [0.4, 0.5) is 5.82 Å². The molecule has 0 aliphatic carbocycles. The number of nitrogens with zero attached hydrogens (tertiary/aromatic N) is 2. The minimum Gasteiger partial charge on any atom is -0.372 e. The summed E-state index contributed by atoms with van der Waals surface area (Å²) in [5, 5.41) is 13.5. The highest BCUT2D eigenvalue weighted by Gasteiger charge is 2.11. The first-order valence-corrected chi connectivity index (χ1v) is 6.35. The Kier molecular flexibility index (Phi) is 5.55. The largest absolute Gasteiger partial charge is 0.372 e. The van der Waals surface area contributed by atoms with Crippen LogP contribution < -0.4 is 10.6 Å². The lowest BCUT2D eigenvalue weighted by Gasteiger charge is -2.14. The number of carbonyl (C=O) groups is 1. The first-order chi connectivity index (χ1) is 8.52. The molecule has 2 N–H and O–H groups in total. The van der Waals surface area contributed by atoms with E-state index < -0.39 is 0 Å². The van der Waals surface area contributed by atoms with Crippen LogP contribution in [0.2, 0.25) is 0 Å². The molecule has 1 amide bonds. The Morgan fingerprint density at radius 3 is 2.44 bits per heavy atom. The maximum absolute atomic E-state index is 11.9. The summed E-state index contributed by atoms with van der Waals surface area (Å²) in [6.45, 7) is 6.36. The van der Waals surface area contributed by atoms with E-state index in [1.54, 1.807) is 19.2 Å². The van der Waals surface area contributed by atoms with E-state index in [2.05, 4.69) is 34.7 Å². The van der Waals surface area contributed by atoms with Gasteiger partial charge in [-0.15, -0.1) is 10.2 Å². The molecule has 0 saturated heterocycles. The molecular weight excluding hydrogens is 228 g/mol. The standard InChI is InChI=1S/C13H22N4O/c1-9(2)5-6-10(3)15-13(18)11-7-8-12(14-4)17-16-11/h7-10H,5-6H2,1-4H3,(H,14,17)(H,15,18). The van der Waals surface area contributed by atoms with Crippen LogP contribution in [-0.2, 0) is 0 Å². The third kappa shape index (κ3) is 4.69. The lowest BCUT2D eigenvalue weighted by molar-refractivity contribution is 0.0931. The summed E-state index contributed by atoms with van der Waals surface area (Å²) >= 11 is 0. The minimum atomic E-state index is -0.165. The lowest BCUT2D eigenvalue weighted by Crippen LogP contribution is -2.33. The van der Waals surface area contributed by atoms with Crippen LogP contribution >= 0.6 is 0 Å². The molecule has 1 aromatic heterocycles. The van der Waals surface area contributed by atoms with E-state index in [4.69, 9.17) is 0 Å². The van der Waals surface area contributed by atoms with Gasteiger partial charge in [-0.2, -0.15) is 0 Å². The van der Waals surface area contributed by atoms with Crippen LogP contribution in [0.15, 0.2) is 12.1 Å². The van der Waals surface area contributed by atoms with Crippen molar-refractivity contribution in [2.24, 2.45) is 5.92 Å². The molecule has 5 nitrogen and oxygen atoms in total. The second kappa shape index (κ2) is 6.93. The Bertz CT molecular complexity index is 375. The van der Waals surface area contributed by atoms with Crippen molar-refractivity contribution < 1.29 is 4.79 Å². The molecule has 18 heavy (non-hydrogen) atoms. The number of carbonyl (C=O) groups excluding carboxylic acids is 1. The first kappa shape index (κ1) is 14.4. The maximum Gasteiger partial charge on any atom is 0.272 e. The summed E-state index contributed by atoms with van der Waals surface area (Å²) in [7, 11) is 1.76. The number of rotatable bonds is 6. The van der Waals surface area contributed by atoms with E-state index in [1.165, 1.54) is 0 Å². The van der Waals surface area contributed by atoms with E-state index in [-0.39, 0.29) is 11.9 Å². The molecule has 0 aliphatic heterocycles. The van der Waals surface area contributed by atoms with Gasteiger partial charge in [-0.05, 0) is 37.8 Å². The predicted octanol–water partition coefficient (Wildman–Crippen LogP) is 2.07. The van der Waals surface area contributed by atoms with Gasteiger partial charge in [-0.3, -0.25) is 4.79 Å². The molecule has 0 saturated carbocycles. The van der Waals surface area contributed by atoms with E-state index in [0.29, 0.717) is 17.4 Å². The van der Waals surface area contributed by atoms with Gasteiger partial charge >= 0.3 is 0 Å². The summed E-state index contributed by atoms with van der Waals surface area (Å²) in [6.07, 6.45) is 2.08. The Morgan fingerprint density at radius 1 is 1.22 bits per heavy atom. The highest BCUT2D eigenvalue weighted by Crippen LogP contribution is 2.07. The average Bonchev–Trinajstić information content (AvgIpc) is 2.36. The SMILES string of the molecule is CNc1ccc(C(=O)NC(C)CCC(C)C)nn1. The number of hydrogen-bond donors (Lipinski definition) is 2. The van der Waals surface area contributed by atoms with Crippen LogP contribution in [0.3, 0.4) is 0 Å². The van der Waals surface area contributed by atoms with Crippen LogP contribution in [0.1, 0.15) is 44.1 Å². The molecule has 1 atom stereocenters. The predicted molar refractivity (Wildman–Crippen MR) is 72.6 cm³/mol. The Hall–Kier alpha value is -1.65. The van der Waals surface area contributed by atoms with E-state index in [1.807, 2.05) is 6.92 Å². The molecule has 1 rings (SSSR count). The van der Waals surface area contributed by atoms with Gasteiger partial charge in [0.1, 0.15) is 5.82 Å². The molecule has 0 fully saturated rings. The normalized spacial score (nSPS) is 12.3. The number of anilines is 1. The molecule has 5 heteroatoms. The highest BCUT2D eigenvalue weighted by molar-refractivity contribution is 5.92. The summed E-state index contributed by atoms with van der Waals surface area (Å²) in [6, 6.07) is 3.56. The smallest absolute Gasteiger partial charge is 0.272 e. The molecule has 1 aromatic rings. The fraction of sp³-hybridized carbons (Fsp3) is 0.615. The molecule has 0 radical (unpaired) electrons. The quantitative estimate of drug-likeness (QED) is 0.811. The van der Waals surface area contributed by atoms with Crippen molar-refractivity contribution in [3.63, 3.8) is 0 Å². The van der Waals surface area contributed by atoms with Gasteiger partial charge in [0, 0.05) is 13.1 Å². The van der Waals surface area contributed by atoms with Crippen molar-refractivity contribution in [2.45, 2.75) is 39.7 Å². The van der Waals surface area contributed by atoms with Gasteiger partial charge in [0.2, 0.25) is 0 Å². The second-order valence-corrected chi connectivity index (χ2v) is 4.90. The molecular formula is C13H22N4O. The third-order valence-electron chi connectivity index (χ3n) is 2.71. The summed E-state index contributed by atoms with van der Waals surface area (Å²) in [5.74, 6) is 1.14. The summed E-state index contributed by atoms with van der Waals surface area (Å²) in [4.78, 5) is 11.9. The van der Waals surface area contributed by atoms with Gasteiger partial charge in [0.15, 0.2) is 5.69 Å². The summed E-state index contributed by atoms with van der Waals surface area (Å²) < 4.78 is 0. The summed E-state index contributed by atoms with van der Waals surface area (Å²) in [5.41, 5.74) is 0.352. The number of nitrogens with one attached hydrogen (secondary N) is 2. The second-order valence-electron chi connectivity index (χ2n) is 4.90. The fourth-order valence-electron chi connectivity index (χ4n) is 1.54. The van der Waals surface area contributed by atoms with Gasteiger partial charge in [-0.1, -0.05) is 13.8 Å². The minimum absolute atomic E-state index is 0.158. The third-order valence-corrected chi connectivity index (χ3v) is 2.71. The Balaban J connectivity index is 2.48. The lowest BCUT2D eigenvalue weighted by atomic mass is 10.0. The first-order valence-electron chi connectivity index (χ1n) is 6.35. The van der Waals surface area contributed by atoms with Crippen molar-refractivity contribution >= 4 is 11.7 Å². The van der Waals surface area contributed by atoms with E-state index >= 15 is 0 Å². The van der Waals surface area contributed by atoms with Crippen molar-refractivity contribution in [3.8, 4) is 0 Å². The fourth-order valence-corrected chi connectivity index (χ4v) is 1.54. The van der Waals surface area contributed by atoms with Crippen LogP contribution in [0, 0.1) is 5.92 Å². The van der Waals surface area contributed by atoms with Crippen molar-refractivity contribution in [1.82, 2.24) is 15.5 Å². The number of aromatic nitrogens is 2. The van der Waals surface area contributed by atoms with Crippen LogP contribution in [-0.4, -0.2) is 29.2 Å². The zero-order valence-electron chi connectivity index (χ0n) is 11.5. The Labute approximate surface area is 108 Å². The van der Waals surface area contributed by atoms with Crippen LogP contribution in [0.5, 0.6) is 0 Å². The maximum atomic E-state index is 11.9. The Morgan fingerprint density at radius 2 is 1.94 bits per heavy atom. The van der Waals surface area contributed by atoms with Gasteiger partial charge in [0.05, 0.1) is 0 Å². The molecule has 0 aromatic carbocycles. The zero-order valence-corrected chi connectivity index (χ0v) is 11.5. The van der Waals surface area contributed by atoms with Crippen molar-refractivity contribution in [3.05, 3.63) is 17.8 Å². The van der Waals surface area contributed by atoms with E-state index in [9.17, 15) is 4.79 Å². The average molecular weight is 250 g/mol. The number of hydrogen-bond acceptors (Lipinski definition) is 4. The van der Waals surface area contributed by atoms with Gasteiger partial charge in [-0.25, -0.2) is 0 Å². The van der Waals surface area contributed by atoms with Crippen LogP contribution in [0.25, 0.3) is 0 Å².